The van der Waals surface area contributed by atoms with E-state index in [0.29, 0.717) is 0 Å². The molecule has 1 saturated carbocycles. The van der Waals surface area contributed by atoms with Gasteiger partial charge in [-0.1, -0.05) is 58.1 Å². The van der Waals surface area contributed by atoms with E-state index in [1.54, 1.807) is 0 Å². The van der Waals surface area contributed by atoms with E-state index in [4.69, 9.17) is 0 Å². The van der Waals surface area contributed by atoms with Crippen molar-refractivity contribution in [3.8, 4) is 0 Å². The molecule has 0 spiro atoms. The van der Waals surface area contributed by atoms with Gasteiger partial charge in [-0.2, -0.15) is 0 Å². The van der Waals surface area contributed by atoms with Crippen LogP contribution >= 0.6 is 0 Å². The largest absolute Gasteiger partial charge is 0.0624 e. The fourth-order valence-electron chi connectivity index (χ4n) is 5.00. The Hall–Kier alpha value is -0.260. The summed E-state index contributed by atoms with van der Waals surface area (Å²) in [5.41, 5.74) is 3.82. The highest BCUT2D eigenvalue weighted by Gasteiger charge is 2.48. The molecule has 3 aliphatic rings. The standard InChI is InChI=1S/C18H30/c1-11-7-5-6-8-12(2)17-16-10-15(14(11)4)9-13(3)18(16)17/h11-15,18H,5-10H2,1-4H3. The SMILES string of the molecule is CC1CCCCC(C)C(C)C2CC3=C1C3C(C)C2. The van der Waals surface area contributed by atoms with Gasteiger partial charge in [-0.3, -0.25) is 0 Å². The first kappa shape index (κ1) is 12.8. The molecule has 2 bridgehead atoms. The van der Waals surface area contributed by atoms with Crippen LogP contribution < -0.4 is 0 Å². The van der Waals surface area contributed by atoms with Crippen LogP contribution in [-0.2, 0) is 0 Å². The van der Waals surface area contributed by atoms with Crippen molar-refractivity contribution < 1.29 is 0 Å². The molecule has 3 aliphatic carbocycles. The summed E-state index contributed by atoms with van der Waals surface area (Å²) in [6.45, 7) is 10.0. The molecule has 18 heavy (non-hydrogen) atoms. The molecule has 0 aliphatic heterocycles. The van der Waals surface area contributed by atoms with E-state index < -0.39 is 0 Å². The van der Waals surface area contributed by atoms with Gasteiger partial charge in [0, 0.05) is 5.92 Å². The Kier molecular flexibility index (Phi) is 3.32. The lowest BCUT2D eigenvalue weighted by Crippen LogP contribution is -2.25. The van der Waals surface area contributed by atoms with Crippen LogP contribution in [0.15, 0.2) is 11.1 Å². The monoisotopic (exact) mass is 246 g/mol. The van der Waals surface area contributed by atoms with Crippen molar-refractivity contribution in [3.63, 3.8) is 0 Å². The number of hydrogen-bond donors (Lipinski definition) is 0. The van der Waals surface area contributed by atoms with Gasteiger partial charge in [0.2, 0.25) is 0 Å². The van der Waals surface area contributed by atoms with Crippen molar-refractivity contribution >= 4 is 0 Å². The Labute approximate surface area is 113 Å². The summed E-state index contributed by atoms with van der Waals surface area (Å²) in [5, 5.41) is 0. The van der Waals surface area contributed by atoms with Crippen LogP contribution in [0.1, 0.15) is 66.2 Å². The molecular formula is C18H30. The van der Waals surface area contributed by atoms with Crippen LogP contribution in [0.2, 0.25) is 0 Å². The molecule has 0 aromatic carbocycles. The molecule has 6 atom stereocenters. The summed E-state index contributed by atoms with van der Waals surface area (Å²) in [6.07, 6.45) is 8.79. The minimum Gasteiger partial charge on any atom is -0.0624 e. The third-order valence-electron chi connectivity index (χ3n) is 6.44. The van der Waals surface area contributed by atoms with E-state index in [1.807, 2.05) is 11.1 Å². The maximum atomic E-state index is 2.53. The highest BCUT2D eigenvalue weighted by Crippen LogP contribution is 2.59. The molecule has 0 aromatic rings. The van der Waals surface area contributed by atoms with Crippen molar-refractivity contribution in [2.24, 2.45) is 35.5 Å². The van der Waals surface area contributed by atoms with Crippen LogP contribution in [0.4, 0.5) is 0 Å². The van der Waals surface area contributed by atoms with Crippen molar-refractivity contribution in [1.29, 1.82) is 0 Å². The molecule has 1 fully saturated rings. The maximum Gasteiger partial charge on any atom is 0.00414 e. The van der Waals surface area contributed by atoms with Crippen LogP contribution in [0, 0.1) is 35.5 Å². The summed E-state index contributed by atoms with van der Waals surface area (Å²) < 4.78 is 0. The summed E-state index contributed by atoms with van der Waals surface area (Å²) in [7, 11) is 0. The number of rotatable bonds is 0. The Morgan fingerprint density at radius 1 is 0.889 bits per heavy atom. The van der Waals surface area contributed by atoms with E-state index in [-0.39, 0.29) is 0 Å². The molecule has 0 N–H and O–H groups in total. The zero-order valence-corrected chi connectivity index (χ0v) is 12.7. The van der Waals surface area contributed by atoms with Gasteiger partial charge in [-0.25, -0.2) is 0 Å². The molecule has 0 radical (unpaired) electrons. The van der Waals surface area contributed by atoms with Gasteiger partial charge in [-0.15, -0.1) is 0 Å². The highest BCUT2D eigenvalue weighted by molar-refractivity contribution is 5.45. The maximum absolute atomic E-state index is 2.53. The van der Waals surface area contributed by atoms with Gasteiger partial charge in [0.05, 0.1) is 0 Å². The van der Waals surface area contributed by atoms with E-state index in [9.17, 15) is 0 Å². The Bertz CT molecular complexity index is 351. The van der Waals surface area contributed by atoms with Gasteiger partial charge in [0.25, 0.3) is 0 Å². The minimum atomic E-state index is 0.898. The first-order valence-corrected chi connectivity index (χ1v) is 8.32. The fraction of sp³-hybridized carbons (Fsp3) is 0.889. The Morgan fingerprint density at radius 3 is 2.39 bits per heavy atom. The molecule has 0 amide bonds. The van der Waals surface area contributed by atoms with Crippen molar-refractivity contribution in [1.82, 2.24) is 0 Å². The Morgan fingerprint density at radius 2 is 1.61 bits per heavy atom. The minimum absolute atomic E-state index is 0.898. The number of hydrogen-bond acceptors (Lipinski definition) is 0. The van der Waals surface area contributed by atoms with Crippen LogP contribution in [-0.4, -0.2) is 0 Å². The molecular weight excluding hydrogens is 216 g/mol. The first-order chi connectivity index (χ1) is 8.59. The summed E-state index contributed by atoms with van der Waals surface area (Å²) in [5.74, 6) is 5.67. The average molecular weight is 246 g/mol. The average Bonchev–Trinajstić information content (AvgIpc) is 3.07. The van der Waals surface area contributed by atoms with Crippen molar-refractivity contribution in [2.75, 3.05) is 0 Å². The molecule has 6 unspecified atom stereocenters. The Balaban J connectivity index is 1.83. The van der Waals surface area contributed by atoms with Gasteiger partial charge in [-0.05, 0) is 48.9 Å². The molecule has 0 nitrogen and oxygen atoms in total. The van der Waals surface area contributed by atoms with Gasteiger partial charge in [0.1, 0.15) is 0 Å². The van der Waals surface area contributed by atoms with Crippen molar-refractivity contribution in [2.45, 2.75) is 66.2 Å². The fourth-order valence-corrected chi connectivity index (χ4v) is 5.00. The van der Waals surface area contributed by atoms with E-state index >= 15 is 0 Å². The van der Waals surface area contributed by atoms with Gasteiger partial charge >= 0.3 is 0 Å². The third-order valence-corrected chi connectivity index (χ3v) is 6.44. The highest BCUT2D eigenvalue weighted by atomic mass is 14.5. The zero-order valence-electron chi connectivity index (χ0n) is 12.7. The number of fused-ring (bicyclic) bond motifs is 2. The summed E-state index contributed by atoms with van der Waals surface area (Å²) >= 11 is 0. The molecule has 102 valence electrons. The van der Waals surface area contributed by atoms with Gasteiger partial charge < -0.3 is 0 Å². The number of allylic oxidation sites excluding steroid dienone is 2. The molecule has 3 rings (SSSR count). The van der Waals surface area contributed by atoms with E-state index in [1.165, 1.54) is 38.5 Å². The van der Waals surface area contributed by atoms with Crippen molar-refractivity contribution in [3.05, 3.63) is 11.1 Å². The lowest BCUT2D eigenvalue weighted by atomic mass is 9.71. The third kappa shape index (κ3) is 2.06. The summed E-state index contributed by atoms with van der Waals surface area (Å²) in [6, 6.07) is 0. The van der Waals surface area contributed by atoms with Crippen LogP contribution in [0.5, 0.6) is 0 Å². The second-order valence-corrected chi connectivity index (χ2v) is 7.66. The molecule has 0 heterocycles. The predicted molar refractivity (Wildman–Crippen MR) is 78.4 cm³/mol. The quantitative estimate of drug-likeness (QED) is 0.499. The second kappa shape index (κ2) is 4.69. The smallest absolute Gasteiger partial charge is 0.00414 e. The van der Waals surface area contributed by atoms with E-state index in [0.717, 1.165) is 35.5 Å². The topological polar surface area (TPSA) is 0 Å². The van der Waals surface area contributed by atoms with Gasteiger partial charge in [0.15, 0.2) is 0 Å². The lowest BCUT2D eigenvalue weighted by Gasteiger charge is -2.34. The normalized spacial score (nSPS) is 48.7. The lowest BCUT2D eigenvalue weighted by molar-refractivity contribution is 0.184. The molecule has 0 aromatic heterocycles. The first-order valence-electron chi connectivity index (χ1n) is 8.32. The zero-order chi connectivity index (χ0) is 12.9. The summed E-state index contributed by atoms with van der Waals surface area (Å²) in [4.78, 5) is 0. The molecule has 0 saturated heterocycles. The second-order valence-electron chi connectivity index (χ2n) is 7.66. The molecule has 0 heteroatoms. The predicted octanol–water partition coefficient (Wildman–Crippen LogP) is 5.44. The van der Waals surface area contributed by atoms with E-state index in [2.05, 4.69) is 27.7 Å². The van der Waals surface area contributed by atoms with Crippen LogP contribution in [0.3, 0.4) is 0 Å². The van der Waals surface area contributed by atoms with Crippen LogP contribution in [0.25, 0.3) is 0 Å².